The Morgan fingerprint density at radius 2 is 2.11 bits per heavy atom. The summed E-state index contributed by atoms with van der Waals surface area (Å²) in [6.45, 7) is 2.70. The molecule has 0 N–H and O–H groups in total. The number of aromatic nitrogens is 5. The second kappa shape index (κ2) is 4.81. The molecule has 3 heterocycles. The fourth-order valence-corrected chi connectivity index (χ4v) is 1.85. The van der Waals surface area contributed by atoms with Gasteiger partial charge in [0, 0.05) is 18.9 Å². The molecule has 19 heavy (non-hydrogen) atoms. The van der Waals surface area contributed by atoms with E-state index < -0.39 is 0 Å². The van der Waals surface area contributed by atoms with Crippen LogP contribution in [0, 0.1) is 0 Å². The van der Waals surface area contributed by atoms with Crippen LogP contribution in [0.2, 0.25) is 5.02 Å². The Hall–Kier alpha value is -2.21. The number of pyridine rings is 1. The minimum Gasteiger partial charge on any atom is -0.413 e. The molecule has 0 unspecified atom stereocenters. The summed E-state index contributed by atoms with van der Waals surface area (Å²) in [5.41, 5.74) is 1.10. The number of hydrogen-bond donors (Lipinski definition) is 0. The SMILES string of the molecule is CCn1cc(Cl)c(-c2nnc(-c3ccccn3)o2)n1. The van der Waals surface area contributed by atoms with Crippen molar-refractivity contribution in [1.29, 1.82) is 0 Å². The van der Waals surface area contributed by atoms with Crippen LogP contribution in [-0.2, 0) is 6.54 Å². The van der Waals surface area contributed by atoms with E-state index in [0.717, 1.165) is 6.54 Å². The summed E-state index contributed by atoms with van der Waals surface area (Å²) < 4.78 is 7.26. The first-order chi connectivity index (χ1) is 9.28. The molecule has 0 aromatic carbocycles. The van der Waals surface area contributed by atoms with Gasteiger partial charge in [-0.25, -0.2) is 0 Å². The van der Waals surface area contributed by atoms with E-state index in [-0.39, 0.29) is 5.89 Å². The summed E-state index contributed by atoms with van der Waals surface area (Å²) in [4.78, 5) is 4.14. The molecule has 0 saturated heterocycles. The molecule has 0 spiro atoms. The normalized spacial score (nSPS) is 10.8. The van der Waals surface area contributed by atoms with E-state index in [1.54, 1.807) is 23.1 Å². The minimum atomic E-state index is 0.290. The molecule has 0 aliphatic rings. The zero-order valence-corrected chi connectivity index (χ0v) is 10.9. The molecule has 0 atom stereocenters. The molecule has 0 bridgehead atoms. The molecule has 0 fully saturated rings. The molecule has 0 saturated carbocycles. The standard InChI is InChI=1S/C12H10ClN5O/c1-2-18-7-8(13)10(17-18)12-16-15-11(19-12)9-5-3-4-6-14-9/h3-7H,2H2,1H3. The van der Waals surface area contributed by atoms with Gasteiger partial charge in [-0.15, -0.1) is 10.2 Å². The maximum atomic E-state index is 6.09. The van der Waals surface area contributed by atoms with Crippen LogP contribution in [0.25, 0.3) is 23.2 Å². The Bertz CT molecular complexity index is 691. The molecule has 0 aliphatic carbocycles. The predicted molar refractivity (Wildman–Crippen MR) is 69.4 cm³/mol. The average molecular weight is 276 g/mol. The van der Waals surface area contributed by atoms with Crippen LogP contribution < -0.4 is 0 Å². The topological polar surface area (TPSA) is 69.6 Å². The fraction of sp³-hybridized carbons (Fsp3) is 0.167. The average Bonchev–Trinajstić information content (AvgIpc) is 3.06. The molecule has 96 valence electrons. The molecule has 0 radical (unpaired) electrons. The van der Waals surface area contributed by atoms with Gasteiger partial charge in [-0.05, 0) is 19.1 Å². The van der Waals surface area contributed by atoms with Gasteiger partial charge in [-0.3, -0.25) is 9.67 Å². The van der Waals surface area contributed by atoms with E-state index in [4.69, 9.17) is 16.0 Å². The Kier molecular flexibility index (Phi) is 3.00. The summed E-state index contributed by atoms with van der Waals surface area (Å²) in [5.74, 6) is 0.635. The van der Waals surface area contributed by atoms with E-state index in [2.05, 4.69) is 20.3 Å². The first-order valence-electron chi connectivity index (χ1n) is 5.76. The summed E-state index contributed by atoms with van der Waals surface area (Å²) in [6, 6.07) is 5.47. The van der Waals surface area contributed by atoms with Crippen LogP contribution in [-0.4, -0.2) is 25.0 Å². The quantitative estimate of drug-likeness (QED) is 0.735. The van der Waals surface area contributed by atoms with Gasteiger partial charge >= 0.3 is 0 Å². The van der Waals surface area contributed by atoms with Crippen molar-refractivity contribution in [3.05, 3.63) is 35.6 Å². The predicted octanol–water partition coefficient (Wildman–Crippen LogP) is 2.67. The zero-order valence-electron chi connectivity index (χ0n) is 10.1. The van der Waals surface area contributed by atoms with Gasteiger partial charge in [0.15, 0.2) is 5.69 Å². The molecule has 0 amide bonds. The van der Waals surface area contributed by atoms with Gasteiger partial charge in [0.2, 0.25) is 0 Å². The Morgan fingerprint density at radius 1 is 1.26 bits per heavy atom. The number of rotatable bonds is 3. The minimum absolute atomic E-state index is 0.290. The molecule has 7 heteroatoms. The first-order valence-corrected chi connectivity index (χ1v) is 6.14. The van der Waals surface area contributed by atoms with Crippen molar-refractivity contribution in [3.63, 3.8) is 0 Å². The highest BCUT2D eigenvalue weighted by Gasteiger charge is 2.17. The molecule has 3 aromatic rings. The number of nitrogens with zero attached hydrogens (tertiary/aromatic N) is 5. The van der Waals surface area contributed by atoms with Crippen molar-refractivity contribution >= 4 is 11.6 Å². The Labute approximate surface area is 114 Å². The van der Waals surface area contributed by atoms with Crippen molar-refractivity contribution in [2.24, 2.45) is 0 Å². The largest absolute Gasteiger partial charge is 0.413 e. The lowest BCUT2D eigenvalue weighted by molar-refractivity contribution is 0.575. The van der Waals surface area contributed by atoms with E-state index in [9.17, 15) is 0 Å². The van der Waals surface area contributed by atoms with Gasteiger partial charge < -0.3 is 4.42 Å². The Balaban J connectivity index is 1.99. The highest BCUT2D eigenvalue weighted by Crippen LogP contribution is 2.27. The lowest BCUT2D eigenvalue weighted by Gasteiger charge is -1.92. The Morgan fingerprint density at radius 3 is 2.79 bits per heavy atom. The molecular formula is C12H10ClN5O. The second-order valence-electron chi connectivity index (χ2n) is 3.81. The maximum absolute atomic E-state index is 6.09. The second-order valence-corrected chi connectivity index (χ2v) is 4.22. The molecular weight excluding hydrogens is 266 g/mol. The molecule has 3 rings (SSSR count). The van der Waals surface area contributed by atoms with E-state index in [1.807, 2.05) is 19.1 Å². The third-order valence-electron chi connectivity index (χ3n) is 2.55. The van der Waals surface area contributed by atoms with Gasteiger partial charge in [-0.1, -0.05) is 17.7 Å². The van der Waals surface area contributed by atoms with Crippen LogP contribution >= 0.6 is 11.6 Å². The van der Waals surface area contributed by atoms with Gasteiger partial charge in [0.1, 0.15) is 5.69 Å². The summed E-state index contributed by atoms with van der Waals surface area (Å²) >= 11 is 6.09. The summed E-state index contributed by atoms with van der Waals surface area (Å²) in [5, 5.41) is 12.7. The highest BCUT2D eigenvalue weighted by atomic mass is 35.5. The van der Waals surface area contributed by atoms with Crippen molar-refractivity contribution in [1.82, 2.24) is 25.0 Å². The van der Waals surface area contributed by atoms with Gasteiger partial charge in [-0.2, -0.15) is 5.10 Å². The fourth-order valence-electron chi connectivity index (χ4n) is 1.62. The van der Waals surface area contributed by atoms with Crippen LogP contribution in [0.15, 0.2) is 35.0 Å². The number of hydrogen-bond acceptors (Lipinski definition) is 5. The van der Waals surface area contributed by atoms with Crippen molar-refractivity contribution in [2.45, 2.75) is 13.5 Å². The van der Waals surface area contributed by atoms with Crippen LogP contribution in [0.1, 0.15) is 6.92 Å². The molecule has 0 aliphatic heterocycles. The van der Waals surface area contributed by atoms with E-state index in [0.29, 0.717) is 22.3 Å². The molecule has 3 aromatic heterocycles. The van der Waals surface area contributed by atoms with Crippen molar-refractivity contribution in [2.75, 3.05) is 0 Å². The first kappa shape index (κ1) is 11.9. The third-order valence-corrected chi connectivity index (χ3v) is 2.83. The highest BCUT2D eigenvalue weighted by molar-refractivity contribution is 6.32. The van der Waals surface area contributed by atoms with Gasteiger partial charge in [0.05, 0.1) is 5.02 Å². The van der Waals surface area contributed by atoms with Crippen LogP contribution in [0.4, 0.5) is 0 Å². The number of halogens is 1. The number of aryl methyl sites for hydroxylation is 1. The zero-order chi connectivity index (χ0) is 13.2. The summed E-state index contributed by atoms with van der Waals surface area (Å²) in [6.07, 6.45) is 3.39. The maximum Gasteiger partial charge on any atom is 0.270 e. The van der Waals surface area contributed by atoms with Gasteiger partial charge in [0.25, 0.3) is 11.8 Å². The third kappa shape index (κ3) is 2.22. The lowest BCUT2D eigenvalue weighted by Crippen LogP contribution is -1.93. The smallest absolute Gasteiger partial charge is 0.270 e. The monoisotopic (exact) mass is 275 g/mol. The van der Waals surface area contributed by atoms with Crippen molar-refractivity contribution in [3.8, 4) is 23.2 Å². The summed E-state index contributed by atoms with van der Waals surface area (Å²) in [7, 11) is 0. The lowest BCUT2D eigenvalue weighted by atomic mass is 10.3. The van der Waals surface area contributed by atoms with E-state index in [1.165, 1.54) is 0 Å². The van der Waals surface area contributed by atoms with E-state index >= 15 is 0 Å². The van der Waals surface area contributed by atoms with Crippen LogP contribution in [0.5, 0.6) is 0 Å². The van der Waals surface area contributed by atoms with Crippen molar-refractivity contribution < 1.29 is 4.42 Å². The van der Waals surface area contributed by atoms with Crippen LogP contribution in [0.3, 0.4) is 0 Å². The molecule has 6 nitrogen and oxygen atoms in total.